The van der Waals surface area contributed by atoms with E-state index in [9.17, 15) is 9.59 Å². The molecule has 0 saturated carbocycles. The van der Waals surface area contributed by atoms with E-state index in [1.807, 2.05) is 0 Å². The van der Waals surface area contributed by atoms with Crippen LogP contribution in [0, 0.1) is 5.92 Å². The Balaban J connectivity index is 3.22. The van der Waals surface area contributed by atoms with Crippen molar-refractivity contribution in [2.75, 3.05) is 31.3 Å². The Morgan fingerprint density at radius 1 is 1.26 bits per heavy atom. The molecule has 0 saturated heterocycles. The molecular weight excluding hydrogens is 286 g/mol. The molecule has 0 heterocycles. The summed E-state index contributed by atoms with van der Waals surface area (Å²) >= 11 is 0. The van der Waals surface area contributed by atoms with E-state index in [0.29, 0.717) is 24.8 Å². The van der Waals surface area contributed by atoms with E-state index in [-0.39, 0.29) is 18.9 Å². The van der Waals surface area contributed by atoms with Crippen LogP contribution >= 0.6 is 21.6 Å². The number of carboxylic acid groups (broad SMARTS) is 1. The summed E-state index contributed by atoms with van der Waals surface area (Å²) in [6, 6.07) is 0. The number of carboxylic acids is 1. The van der Waals surface area contributed by atoms with E-state index >= 15 is 0 Å². The van der Waals surface area contributed by atoms with Crippen molar-refractivity contribution in [3.8, 4) is 0 Å². The van der Waals surface area contributed by atoms with Crippen LogP contribution in [0.25, 0.3) is 0 Å². The molecule has 19 heavy (non-hydrogen) atoms. The zero-order valence-electron chi connectivity index (χ0n) is 11.5. The topological polar surface area (TPSA) is 75.6 Å². The third-order valence-corrected chi connectivity index (χ3v) is 4.47. The number of ether oxygens (including phenoxy) is 1. The van der Waals surface area contributed by atoms with Gasteiger partial charge in [-0.15, -0.1) is 0 Å². The summed E-state index contributed by atoms with van der Waals surface area (Å²) in [4.78, 5) is 21.6. The molecule has 7 heteroatoms. The fraction of sp³-hybridized carbons (Fsp3) is 0.833. The summed E-state index contributed by atoms with van der Waals surface area (Å²) < 4.78 is 5.24. The van der Waals surface area contributed by atoms with Gasteiger partial charge in [-0.05, 0) is 12.3 Å². The van der Waals surface area contributed by atoms with Gasteiger partial charge in [0.1, 0.15) is 6.61 Å². The molecule has 1 amide bonds. The van der Waals surface area contributed by atoms with Gasteiger partial charge in [0.15, 0.2) is 0 Å². The van der Waals surface area contributed by atoms with Gasteiger partial charge in [-0.2, -0.15) is 0 Å². The van der Waals surface area contributed by atoms with Gasteiger partial charge >= 0.3 is 5.97 Å². The second-order valence-corrected chi connectivity index (χ2v) is 7.07. The summed E-state index contributed by atoms with van der Waals surface area (Å²) in [5.74, 6) is 1.07. The van der Waals surface area contributed by atoms with Gasteiger partial charge in [-0.1, -0.05) is 35.4 Å². The Morgan fingerprint density at radius 3 is 2.58 bits per heavy atom. The van der Waals surface area contributed by atoms with Crippen LogP contribution in [0.1, 0.15) is 26.7 Å². The molecule has 0 radical (unpaired) electrons. The van der Waals surface area contributed by atoms with Crippen molar-refractivity contribution >= 4 is 33.5 Å². The Hall–Kier alpha value is -0.400. The third kappa shape index (κ3) is 15.5. The van der Waals surface area contributed by atoms with Crippen molar-refractivity contribution in [2.45, 2.75) is 26.7 Å². The Morgan fingerprint density at radius 2 is 1.95 bits per heavy atom. The van der Waals surface area contributed by atoms with Crippen LogP contribution in [0.2, 0.25) is 0 Å². The number of carbonyl (C=O) groups excluding carboxylic acids is 1. The third-order valence-electron chi connectivity index (χ3n) is 2.06. The monoisotopic (exact) mass is 309 g/mol. The second-order valence-electron chi connectivity index (χ2n) is 4.37. The van der Waals surface area contributed by atoms with E-state index in [4.69, 9.17) is 9.84 Å². The van der Waals surface area contributed by atoms with Crippen LogP contribution in [-0.4, -0.2) is 48.2 Å². The lowest BCUT2D eigenvalue weighted by molar-refractivity contribution is -0.136. The van der Waals surface area contributed by atoms with Crippen LogP contribution in [0.15, 0.2) is 0 Å². The molecule has 0 unspecified atom stereocenters. The van der Waals surface area contributed by atoms with Gasteiger partial charge in [0.25, 0.3) is 0 Å². The zero-order chi connectivity index (χ0) is 14.5. The maximum atomic E-state index is 11.3. The van der Waals surface area contributed by atoms with Gasteiger partial charge in [-0.25, -0.2) is 0 Å². The maximum absolute atomic E-state index is 11.3. The summed E-state index contributed by atoms with van der Waals surface area (Å²) in [5.41, 5.74) is 0. The number of nitrogens with one attached hydrogen (secondary N) is 1. The highest BCUT2D eigenvalue weighted by Crippen LogP contribution is 2.20. The molecule has 0 rings (SSSR count). The molecule has 0 aliphatic carbocycles. The van der Waals surface area contributed by atoms with Gasteiger partial charge in [0.05, 0.1) is 6.42 Å². The fourth-order valence-corrected chi connectivity index (χ4v) is 2.90. The molecular formula is C12H23NO4S2. The Bertz CT molecular complexity index is 262. The lowest BCUT2D eigenvalue weighted by atomic mass is 10.1. The molecule has 0 aliphatic rings. The summed E-state index contributed by atoms with van der Waals surface area (Å²) in [6.07, 6.45) is 1.14. The number of rotatable bonds is 12. The van der Waals surface area contributed by atoms with Crippen LogP contribution in [-0.2, 0) is 14.3 Å². The molecule has 0 aliphatic heterocycles. The second kappa shape index (κ2) is 12.6. The van der Waals surface area contributed by atoms with E-state index < -0.39 is 5.97 Å². The molecule has 112 valence electrons. The molecule has 0 aromatic rings. The first-order valence-electron chi connectivity index (χ1n) is 6.33. The lowest BCUT2D eigenvalue weighted by Gasteiger charge is -2.07. The van der Waals surface area contributed by atoms with Crippen molar-refractivity contribution in [1.82, 2.24) is 5.32 Å². The highest BCUT2D eigenvalue weighted by atomic mass is 33.1. The maximum Gasteiger partial charge on any atom is 0.304 e. The number of amides is 1. The highest BCUT2D eigenvalue weighted by Gasteiger charge is 2.02. The normalized spacial score (nSPS) is 10.7. The first-order chi connectivity index (χ1) is 9.02. The lowest BCUT2D eigenvalue weighted by Crippen LogP contribution is -2.29. The molecule has 0 bridgehead atoms. The van der Waals surface area contributed by atoms with E-state index in [0.717, 1.165) is 12.2 Å². The Kier molecular flexibility index (Phi) is 12.4. The molecule has 0 spiro atoms. The van der Waals surface area contributed by atoms with Crippen molar-refractivity contribution < 1.29 is 19.4 Å². The molecule has 2 N–H and O–H groups in total. The highest BCUT2D eigenvalue weighted by molar-refractivity contribution is 8.76. The van der Waals surface area contributed by atoms with Crippen LogP contribution in [0.3, 0.4) is 0 Å². The van der Waals surface area contributed by atoms with Gasteiger partial charge in [0, 0.05) is 24.7 Å². The SMILES string of the molecule is CC(C)CCOCC(=O)NCCSSCCC(=O)O. The summed E-state index contributed by atoms with van der Waals surface area (Å²) in [6.45, 7) is 5.54. The number of aliphatic carboxylic acids is 1. The molecule has 0 fully saturated rings. The predicted octanol–water partition coefficient (Wildman–Crippen LogP) is 2.02. The Labute approximate surface area is 122 Å². The molecule has 5 nitrogen and oxygen atoms in total. The summed E-state index contributed by atoms with van der Waals surface area (Å²) in [5, 5.41) is 11.2. The van der Waals surface area contributed by atoms with E-state index in [2.05, 4.69) is 19.2 Å². The minimum atomic E-state index is -0.778. The number of hydrogen-bond acceptors (Lipinski definition) is 5. The summed E-state index contributed by atoms with van der Waals surface area (Å²) in [7, 11) is 3.08. The van der Waals surface area contributed by atoms with Crippen molar-refractivity contribution in [3.63, 3.8) is 0 Å². The van der Waals surface area contributed by atoms with Crippen LogP contribution in [0.4, 0.5) is 0 Å². The zero-order valence-corrected chi connectivity index (χ0v) is 13.1. The van der Waals surface area contributed by atoms with Gasteiger partial charge < -0.3 is 15.2 Å². The number of hydrogen-bond donors (Lipinski definition) is 2. The van der Waals surface area contributed by atoms with Gasteiger partial charge in [-0.3, -0.25) is 9.59 Å². The van der Waals surface area contributed by atoms with Crippen LogP contribution in [0.5, 0.6) is 0 Å². The van der Waals surface area contributed by atoms with Gasteiger partial charge in [0.2, 0.25) is 5.91 Å². The van der Waals surface area contributed by atoms with Crippen LogP contribution < -0.4 is 5.32 Å². The smallest absolute Gasteiger partial charge is 0.304 e. The van der Waals surface area contributed by atoms with Crippen molar-refractivity contribution in [2.24, 2.45) is 5.92 Å². The largest absolute Gasteiger partial charge is 0.481 e. The first-order valence-corrected chi connectivity index (χ1v) is 8.81. The molecule has 0 atom stereocenters. The van der Waals surface area contributed by atoms with E-state index in [1.54, 1.807) is 10.8 Å². The first kappa shape index (κ1) is 18.6. The fourth-order valence-electron chi connectivity index (χ4n) is 1.01. The number of carbonyl (C=O) groups is 2. The standard InChI is InChI=1S/C12H23NO4S2/c1-10(2)3-6-17-9-11(14)13-5-8-19-18-7-4-12(15)16/h10H,3-9H2,1-2H3,(H,13,14)(H,15,16). The van der Waals surface area contributed by atoms with Crippen molar-refractivity contribution in [1.29, 1.82) is 0 Å². The minimum absolute atomic E-state index is 0.0973. The quantitative estimate of drug-likeness (QED) is 0.424. The van der Waals surface area contributed by atoms with E-state index in [1.165, 1.54) is 10.8 Å². The average Bonchev–Trinajstić information content (AvgIpc) is 2.33. The predicted molar refractivity (Wildman–Crippen MR) is 80.5 cm³/mol. The molecule has 0 aromatic carbocycles. The minimum Gasteiger partial charge on any atom is -0.481 e. The van der Waals surface area contributed by atoms with Crippen molar-refractivity contribution in [3.05, 3.63) is 0 Å². The molecule has 0 aromatic heterocycles. The average molecular weight is 309 g/mol.